The molecular weight excluding hydrogens is 1140 g/mol. The first-order valence-corrected chi connectivity index (χ1v) is 30.4. The number of hydrogen-bond acceptors (Lipinski definition) is 22. The number of nitrogens with one attached hydrogen (secondary N) is 3. The molecule has 414 valence electrons. The van der Waals surface area contributed by atoms with Crippen molar-refractivity contribution in [2.45, 2.75) is 71.3 Å². The second-order valence-corrected chi connectivity index (χ2v) is 24.4. The molecule has 0 aliphatic carbocycles. The van der Waals surface area contributed by atoms with Crippen molar-refractivity contribution in [1.29, 1.82) is 0 Å². The summed E-state index contributed by atoms with van der Waals surface area (Å²) in [6.45, 7) is 10.7. The molecule has 2 aliphatic rings. The van der Waals surface area contributed by atoms with E-state index in [1.807, 2.05) is 36.6 Å². The Labute approximate surface area is 481 Å². The number of benzene rings is 1. The first kappa shape index (κ1) is 56.0. The van der Waals surface area contributed by atoms with E-state index < -0.39 is 65.6 Å². The van der Waals surface area contributed by atoms with E-state index in [9.17, 15) is 29.1 Å². The lowest BCUT2D eigenvalue weighted by molar-refractivity contribution is -0.134. The lowest BCUT2D eigenvalue weighted by atomic mass is 10.00. The van der Waals surface area contributed by atoms with E-state index in [1.54, 1.807) is 40.1 Å². The number of rotatable bonds is 12. The van der Waals surface area contributed by atoms with Gasteiger partial charge in [-0.05, 0) is 49.8 Å². The molecule has 6 amide bonds. The fraction of sp³-hybridized carbons (Fsp3) is 0.327. The molecule has 0 saturated carbocycles. The van der Waals surface area contributed by atoms with Crippen molar-refractivity contribution in [1.82, 2.24) is 60.6 Å². The standard InChI is InChI=1S/C52H52N14O8S6/c1-5-65(6-2)13-14-74-27-9-7-26(8-10-27)15-31-52(73)66-18-37(67)24(3)42(66)51-63-36(23-79-51)49-60-32(19-77-49)41-28(11-12-29(57-41)48-61-33(20-78-48)43(54)69)47-62-35(22-76-47)45(71)58-30(16-38(53)68)50-64-40(25(4)80-50)46(72)55-17-39-56-34(21-75-39)44(70)59-31/h7-12,19-24,30-31,37,42,67H,5-6,13-18H2,1-4H3,(H2,53,68)(H2,54,69)(H,55,72)(H,58,71)(H,59,70)/t24-,30-,31-,37-,42-/m0/s1. The van der Waals surface area contributed by atoms with Gasteiger partial charge in [0.15, 0.2) is 0 Å². The number of hydrogen-bond donors (Lipinski definition) is 6. The number of aromatic nitrogens is 7. The van der Waals surface area contributed by atoms with Crippen molar-refractivity contribution in [3.63, 3.8) is 0 Å². The first-order valence-electron chi connectivity index (χ1n) is 25.2. The average molecular weight is 1190 g/mol. The average Bonchev–Trinajstić information content (AvgIpc) is 4.35. The predicted molar refractivity (Wildman–Crippen MR) is 306 cm³/mol. The maximum absolute atomic E-state index is 15.1. The summed E-state index contributed by atoms with van der Waals surface area (Å²) < 4.78 is 6.04. The zero-order chi connectivity index (χ0) is 56.4. The van der Waals surface area contributed by atoms with Crippen LogP contribution in [0.4, 0.5) is 0 Å². The lowest BCUT2D eigenvalue weighted by Crippen LogP contribution is -2.50. The van der Waals surface area contributed by atoms with Crippen LogP contribution in [0.25, 0.3) is 43.4 Å². The summed E-state index contributed by atoms with van der Waals surface area (Å²) in [6, 6.07) is 8.03. The van der Waals surface area contributed by atoms with E-state index >= 15 is 4.79 Å². The highest BCUT2D eigenvalue weighted by molar-refractivity contribution is 7.15. The minimum absolute atomic E-state index is 0.0207. The molecule has 8 N–H and O–H groups in total. The fourth-order valence-corrected chi connectivity index (χ4v) is 14.3. The van der Waals surface area contributed by atoms with Crippen LogP contribution in [0.1, 0.15) is 107 Å². The van der Waals surface area contributed by atoms with Crippen LogP contribution in [-0.4, -0.2) is 130 Å². The highest BCUT2D eigenvalue weighted by Crippen LogP contribution is 2.42. The number of nitrogens with two attached hydrogens (primary N) is 2. The number of thiazole rings is 6. The molecule has 80 heavy (non-hydrogen) atoms. The number of primary amides is 2. The van der Waals surface area contributed by atoms with Gasteiger partial charge in [-0.3, -0.25) is 28.8 Å². The third-order valence-corrected chi connectivity index (χ3v) is 18.9. The van der Waals surface area contributed by atoms with Gasteiger partial charge in [0.25, 0.3) is 23.6 Å². The van der Waals surface area contributed by atoms with Gasteiger partial charge in [-0.15, -0.1) is 68.0 Å². The van der Waals surface area contributed by atoms with Crippen LogP contribution in [-0.2, 0) is 22.6 Å². The second kappa shape index (κ2) is 24.2. The monoisotopic (exact) mass is 1190 g/mol. The van der Waals surface area contributed by atoms with Crippen LogP contribution < -0.4 is 32.2 Å². The molecule has 0 unspecified atom stereocenters. The van der Waals surface area contributed by atoms with Crippen molar-refractivity contribution in [3.05, 3.63) is 112 Å². The van der Waals surface area contributed by atoms with Gasteiger partial charge in [0.1, 0.15) is 88.3 Å². The van der Waals surface area contributed by atoms with Gasteiger partial charge in [-0.1, -0.05) is 32.9 Å². The third-order valence-electron chi connectivity index (χ3n) is 13.4. The molecule has 2 aliphatic heterocycles. The van der Waals surface area contributed by atoms with Gasteiger partial charge in [0.2, 0.25) is 11.8 Å². The van der Waals surface area contributed by atoms with E-state index in [1.165, 1.54) is 50.7 Å². The van der Waals surface area contributed by atoms with Crippen LogP contribution >= 0.6 is 68.0 Å². The van der Waals surface area contributed by atoms with Crippen molar-refractivity contribution in [3.8, 4) is 49.1 Å². The molecule has 28 heteroatoms. The Hall–Kier alpha value is -7.31. The van der Waals surface area contributed by atoms with Crippen LogP contribution in [0.2, 0.25) is 0 Å². The van der Waals surface area contributed by atoms with Gasteiger partial charge in [-0.25, -0.2) is 34.9 Å². The molecule has 7 aromatic heterocycles. The summed E-state index contributed by atoms with van der Waals surface area (Å²) in [4.78, 5) is 119. The zero-order valence-corrected chi connectivity index (χ0v) is 48.2. The topological polar surface area (TPSA) is 317 Å². The quantitative estimate of drug-likeness (QED) is 0.0801. The van der Waals surface area contributed by atoms with E-state index in [0.29, 0.717) is 70.6 Å². The number of aliphatic hydroxyl groups is 1. The molecule has 10 bridgehead atoms. The van der Waals surface area contributed by atoms with Crippen molar-refractivity contribution >= 4 is 103 Å². The van der Waals surface area contributed by atoms with Crippen molar-refractivity contribution in [2.24, 2.45) is 17.4 Å². The summed E-state index contributed by atoms with van der Waals surface area (Å²) >= 11 is 7.22. The van der Waals surface area contributed by atoms with E-state index in [4.69, 9.17) is 36.1 Å². The number of fused-ring (bicyclic) bond motifs is 16. The van der Waals surface area contributed by atoms with Crippen LogP contribution in [0.5, 0.6) is 5.75 Å². The number of amides is 6. The summed E-state index contributed by atoms with van der Waals surface area (Å²) in [5.41, 5.74) is 14.4. The van der Waals surface area contributed by atoms with E-state index in [-0.39, 0.29) is 53.7 Å². The number of likely N-dealkylation sites (N-methyl/N-ethyl adjacent to an activating group) is 1. The molecule has 1 saturated heterocycles. The van der Waals surface area contributed by atoms with Gasteiger partial charge < -0.3 is 47.1 Å². The summed E-state index contributed by atoms with van der Waals surface area (Å²) in [5.74, 6) is -3.47. The SMILES string of the molecule is CCN(CC)CCOc1ccc(C[C@@H]2NC(=O)c3csc(n3)CNC(=O)c3nc(sc3C)[C@H](CC(N)=O)NC(=O)c3csc(n3)-c3ccc(-c4nc(C(N)=O)cs4)nc3-c3csc(n3)-c3csc(n3)[C@@H]3[C@@H](C)[C@@H](O)CN3C2=O)cc1. The fourth-order valence-electron chi connectivity index (χ4n) is 9.10. The Morgan fingerprint density at radius 1 is 0.725 bits per heavy atom. The number of ether oxygens (including phenoxy) is 1. The van der Waals surface area contributed by atoms with E-state index in [2.05, 4.69) is 49.6 Å². The number of nitrogens with zero attached hydrogens (tertiary/aromatic N) is 9. The van der Waals surface area contributed by atoms with Crippen LogP contribution in [0.15, 0.2) is 63.3 Å². The van der Waals surface area contributed by atoms with Crippen LogP contribution in [0.3, 0.4) is 0 Å². The molecule has 10 rings (SSSR count). The number of aliphatic hydroxyl groups excluding tert-OH is 1. The second-order valence-electron chi connectivity index (χ2n) is 18.7. The van der Waals surface area contributed by atoms with Gasteiger partial charge in [0, 0.05) is 62.8 Å². The normalized spacial score (nSPS) is 18.8. The third kappa shape index (κ3) is 12.2. The number of aryl methyl sites for hydroxylation is 1. The van der Waals surface area contributed by atoms with Gasteiger partial charge in [0.05, 0.1) is 36.8 Å². The van der Waals surface area contributed by atoms with Crippen molar-refractivity contribution < 1.29 is 38.6 Å². The Bertz CT molecular complexity index is 3620. The van der Waals surface area contributed by atoms with Gasteiger partial charge in [-0.2, -0.15) is 0 Å². The minimum Gasteiger partial charge on any atom is -0.492 e. The zero-order valence-electron chi connectivity index (χ0n) is 43.3. The predicted octanol–water partition coefficient (Wildman–Crippen LogP) is 6.13. The molecule has 8 aromatic rings. The summed E-state index contributed by atoms with van der Waals surface area (Å²) in [5, 5.41) is 30.9. The Balaban J connectivity index is 1.02. The number of pyridine rings is 1. The van der Waals surface area contributed by atoms with Gasteiger partial charge >= 0.3 is 0 Å². The van der Waals surface area contributed by atoms with Crippen LogP contribution in [0, 0.1) is 12.8 Å². The number of carbonyl (C=O) groups is 6. The molecule has 0 spiro atoms. The molecular formula is C52H52N14O8S6. The maximum atomic E-state index is 15.1. The maximum Gasteiger partial charge on any atom is 0.271 e. The smallest absolute Gasteiger partial charge is 0.271 e. The highest BCUT2D eigenvalue weighted by Gasteiger charge is 2.45. The molecule has 1 aromatic carbocycles. The molecule has 22 nitrogen and oxygen atoms in total. The highest BCUT2D eigenvalue weighted by atomic mass is 32.1. The largest absolute Gasteiger partial charge is 0.492 e. The first-order chi connectivity index (χ1) is 38.5. The molecule has 0 radical (unpaired) electrons. The Morgan fingerprint density at radius 3 is 2.14 bits per heavy atom. The number of carbonyl (C=O) groups excluding carboxylic acids is 6. The summed E-state index contributed by atoms with van der Waals surface area (Å²) in [6.07, 6.45) is -1.16. The molecule has 5 atom stereocenters. The van der Waals surface area contributed by atoms with Crippen molar-refractivity contribution in [2.75, 3.05) is 32.8 Å². The summed E-state index contributed by atoms with van der Waals surface area (Å²) in [7, 11) is 0. The Morgan fingerprint density at radius 2 is 1.40 bits per heavy atom. The molecule has 1 fully saturated rings. The minimum atomic E-state index is -1.12. The van der Waals surface area contributed by atoms with E-state index in [0.717, 1.165) is 47.9 Å². The molecule has 9 heterocycles. The Kier molecular flexibility index (Phi) is 16.9. The lowest BCUT2D eigenvalue weighted by Gasteiger charge is -2.29.